The smallest absolute Gasteiger partial charge is 0.372 e. The summed E-state index contributed by atoms with van der Waals surface area (Å²) in [5, 5.41) is 0. The van der Waals surface area contributed by atoms with Gasteiger partial charge in [-0.05, 0) is 37.8 Å². The van der Waals surface area contributed by atoms with Gasteiger partial charge < -0.3 is 4.90 Å². The lowest BCUT2D eigenvalue weighted by Gasteiger charge is -2.38. The molecule has 0 aromatic heterocycles. The van der Waals surface area contributed by atoms with Gasteiger partial charge >= 0.3 is 15.5 Å². The van der Waals surface area contributed by atoms with E-state index < -0.39 is 21.6 Å². The third-order valence-electron chi connectivity index (χ3n) is 3.79. The van der Waals surface area contributed by atoms with Crippen LogP contribution in [0, 0.1) is 0 Å². The van der Waals surface area contributed by atoms with E-state index in [-0.39, 0.29) is 12.5 Å². The molecule has 0 aromatic carbocycles. The van der Waals surface area contributed by atoms with Gasteiger partial charge in [0.2, 0.25) is 0 Å². The fourth-order valence-electron chi connectivity index (χ4n) is 2.46. The van der Waals surface area contributed by atoms with Crippen molar-refractivity contribution in [3.05, 3.63) is 23.4 Å². The van der Waals surface area contributed by atoms with Crippen LogP contribution in [0.2, 0.25) is 0 Å². The van der Waals surface area contributed by atoms with Crippen LogP contribution in [0.3, 0.4) is 0 Å². The van der Waals surface area contributed by atoms with Gasteiger partial charge in [-0.25, -0.2) is 13.1 Å². The number of nitrogens with zero attached hydrogens (tertiary/aromatic N) is 1. The van der Waals surface area contributed by atoms with E-state index in [1.54, 1.807) is 10.8 Å². The van der Waals surface area contributed by atoms with E-state index in [0.717, 1.165) is 24.1 Å². The molecular formula is C12H17F3N2O2S. The van der Waals surface area contributed by atoms with Gasteiger partial charge in [-0.2, -0.15) is 13.2 Å². The third-order valence-corrected chi connectivity index (χ3v) is 5.01. The van der Waals surface area contributed by atoms with Crippen molar-refractivity contribution < 1.29 is 21.6 Å². The lowest BCUT2D eigenvalue weighted by Crippen LogP contribution is -2.44. The van der Waals surface area contributed by atoms with Gasteiger partial charge in [0.15, 0.2) is 0 Å². The lowest BCUT2D eigenvalue weighted by molar-refractivity contribution is -0.0449. The topological polar surface area (TPSA) is 49.4 Å². The second-order valence-electron chi connectivity index (χ2n) is 5.19. The number of nitrogens with one attached hydrogen (secondary N) is 1. The molecule has 4 nitrogen and oxygen atoms in total. The van der Waals surface area contributed by atoms with Crippen LogP contribution in [0.15, 0.2) is 23.4 Å². The van der Waals surface area contributed by atoms with Gasteiger partial charge in [0, 0.05) is 24.8 Å². The molecule has 2 unspecified atom stereocenters. The summed E-state index contributed by atoms with van der Waals surface area (Å²) in [6, 6.07) is -0.565. The summed E-state index contributed by atoms with van der Waals surface area (Å²) in [5.74, 6) is 0. The van der Waals surface area contributed by atoms with E-state index in [4.69, 9.17) is 0 Å². The highest BCUT2D eigenvalue weighted by Gasteiger charge is 2.46. The number of fused-ring (bicyclic) bond motifs is 1. The minimum absolute atomic E-state index is 0.246. The van der Waals surface area contributed by atoms with Crippen molar-refractivity contribution in [2.75, 3.05) is 7.05 Å². The van der Waals surface area contributed by atoms with Gasteiger partial charge in [0.1, 0.15) is 0 Å². The molecule has 0 bridgehead atoms. The van der Waals surface area contributed by atoms with Crippen LogP contribution in [-0.4, -0.2) is 38.0 Å². The number of hydrogen-bond acceptors (Lipinski definition) is 3. The molecule has 1 aliphatic heterocycles. The van der Waals surface area contributed by atoms with Gasteiger partial charge in [-0.15, -0.1) is 0 Å². The molecule has 2 atom stereocenters. The molecule has 0 radical (unpaired) electrons. The Balaban J connectivity index is 2.18. The molecule has 8 heteroatoms. The Labute approximate surface area is 116 Å². The summed E-state index contributed by atoms with van der Waals surface area (Å²) in [5.41, 5.74) is -3.38. The summed E-state index contributed by atoms with van der Waals surface area (Å²) in [6.45, 7) is 2.03. The quantitative estimate of drug-likeness (QED) is 0.850. The largest absolute Gasteiger partial charge is 0.511 e. The van der Waals surface area contributed by atoms with Crippen LogP contribution in [0.25, 0.3) is 0 Å². The fourth-order valence-corrected chi connectivity index (χ4v) is 3.15. The van der Waals surface area contributed by atoms with Gasteiger partial charge in [0.25, 0.3) is 0 Å². The molecule has 20 heavy (non-hydrogen) atoms. The molecule has 1 aliphatic carbocycles. The van der Waals surface area contributed by atoms with Crippen LogP contribution in [0.5, 0.6) is 0 Å². The highest BCUT2D eigenvalue weighted by molar-refractivity contribution is 7.90. The summed E-state index contributed by atoms with van der Waals surface area (Å²) >= 11 is 0. The Morgan fingerprint density at radius 2 is 2.05 bits per heavy atom. The molecular weight excluding hydrogens is 293 g/mol. The second kappa shape index (κ2) is 5.07. The Bertz CT molecular complexity index is 552. The van der Waals surface area contributed by atoms with E-state index in [2.05, 4.69) is 0 Å². The fraction of sp³-hybridized carbons (Fsp3) is 0.667. The van der Waals surface area contributed by atoms with Crippen molar-refractivity contribution in [1.29, 1.82) is 0 Å². The molecule has 2 rings (SSSR count). The standard InChI is InChI=1S/C12H17F3N2O2S/c1-8-3-4-9-5-6-10(7-11(9)17(8)2)16-20(18,19)12(13,14)15/h5,7-8,10,16H,3-4,6H2,1-2H3. The Kier molecular flexibility index (Phi) is 3.90. The summed E-state index contributed by atoms with van der Waals surface area (Å²) in [7, 11) is -3.44. The number of sulfonamides is 1. The molecule has 1 N–H and O–H groups in total. The predicted octanol–water partition coefficient (Wildman–Crippen LogP) is 2.12. The van der Waals surface area contributed by atoms with Crippen molar-refractivity contribution in [1.82, 2.24) is 9.62 Å². The minimum atomic E-state index is -5.31. The number of likely N-dealkylation sites (N-methyl/N-ethyl adjacent to an activating group) is 1. The van der Waals surface area contributed by atoms with Crippen molar-refractivity contribution in [3.63, 3.8) is 0 Å². The maximum atomic E-state index is 12.4. The molecule has 2 aliphatic rings. The maximum absolute atomic E-state index is 12.4. The molecule has 0 spiro atoms. The number of likely N-dealkylation sites (tertiary alicyclic amines) is 1. The first kappa shape index (κ1) is 15.4. The Morgan fingerprint density at radius 3 is 2.65 bits per heavy atom. The molecule has 0 saturated carbocycles. The number of piperidine rings is 1. The van der Waals surface area contributed by atoms with Crippen LogP contribution in [0.1, 0.15) is 26.2 Å². The van der Waals surface area contributed by atoms with Crippen molar-refractivity contribution in [2.24, 2.45) is 0 Å². The monoisotopic (exact) mass is 310 g/mol. The predicted molar refractivity (Wildman–Crippen MR) is 69.1 cm³/mol. The second-order valence-corrected chi connectivity index (χ2v) is 6.89. The zero-order chi connectivity index (χ0) is 15.1. The van der Waals surface area contributed by atoms with E-state index in [9.17, 15) is 21.6 Å². The van der Waals surface area contributed by atoms with E-state index >= 15 is 0 Å². The Hall–Kier alpha value is -1.02. The number of halogens is 3. The maximum Gasteiger partial charge on any atom is 0.511 e. The molecule has 1 fully saturated rings. The summed E-state index contributed by atoms with van der Waals surface area (Å²) < 4.78 is 61.0. The first-order valence-electron chi connectivity index (χ1n) is 6.34. The summed E-state index contributed by atoms with van der Waals surface area (Å²) in [4.78, 5) is 1.98. The van der Waals surface area contributed by atoms with Gasteiger partial charge in [-0.3, -0.25) is 0 Å². The summed E-state index contributed by atoms with van der Waals surface area (Å²) in [6.07, 6.45) is 5.50. The zero-order valence-corrected chi connectivity index (χ0v) is 12.1. The van der Waals surface area contributed by atoms with Crippen LogP contribution in [-0.2, 0) is 10.0 Å². The number of rotatable bonds is 2. The SMILES string of the molecule is CC1CCC2=CCC(NS(=O)(=O)C(F)(F)F)C=C2N1C. The van der Waals surface area contributed by atoms with E-state index in [0.29, 0.717) is 0 Å². The molecule has 0 aromatic rings. The number of allylic oxidation sites excluding steroid dienone is 1. The van der Waals surface area contributed by atoms with Crippen molar-refractivity contribution >= 4 is 10.0 Å². The van der Waals surface area contributed by atoms with Crippen LogP contribution < -0.4 is 4.72 Å². The number of alkyl halides is 3. The first-order chi connectivity index (χ1) is 9.12. The van der Waals surface area contributed by atoms with E-state index in [1.807, 2.05) is 24.9 Å². The third kappa shape index (κ3) is 2.85. The van der Waals surface area contributed by atoms with Crippen molar-refractivity contribution in [2.45, 2.75) is 43.8 Å². The molecule has 1 heterocycles. The molecule has 1 saturated heterocycles. The number of hydrogen-bond donors (Lipinski definition) is 1. The average Bonchev–Trinajstić information content (AvgIpc) is 2.32. The first-order valence-corrected chi connectivity index (χ1v) is 7.83. The molecule has 0 amide bonds. The lowest BCUT2D eigenvalue weighted by atomic mass is 9.90. The van der Waals surface area contributed by atoms with Crippen LogP contribution >= 0.6 is 0 Å². The van der Waals surface area contributed by atoms with Gasteiger partial charge in [-0.1, -0.05) is 6.08 Å². The average molecular weight is 310 g/mol. The molecule has 114 valence electrons. The zero-order valence-electron chi connectivity index (χ0n) is 11.2. The highest BCUT2D eigenvalue weighted by Crippen LogP contribution is 2.33. The Morgan fingerprint density at radius 1 is 1.40 bits per heavy atom. The normalized spacial score (nSPS) is 27.8. The van der Waals surface area contributed by atoms with Gasteiger partial charge in [0.05, 0.1) is 0 Å². The highest BCUT2D eigenvalue weighted by atomic mass is 32.2. The van der Waals surface area contributed by atoms with Crippen LogP contribution in [0.4, 0.5) is 13.2 Å². The van der Waals surface area contributed by atoms with E-state index in [1.165, 1.54) is 0 Å². The van der Waals surface area contributed by atoms with Crippen molar-refractivity contribution in [3.8, 4) is 0 Å². The minimum Gasteiger partial charge on any atom is -0.372 e.